The number of hydrogen-bond donors (Lipinski definition) is 1. The summed E-state index contributed by atoms with van der Waals surface area (Å²) >= 11 is 0. The third kappa shape index (κ3) is 4.39. The first kappa shape index (κ1) is 19.4. The Morgan fingerprint density at radius 3 is 2.59 bits per heavy atom. The van der Waals surface area contributed by atoms with E-state index in [9.17, 15) is 14.4 Å². The molecule has 0 radical (unpaired) electrons. The summed E-state index contributed by atoms with van der Waals surface area (Å²) in [7, 11) is 0. The molecule has 0 aliphatic carbocycles. The van der Waals surface area contributed by atoms with Crippen molar-refractivity contribution in [3.63, 3.8) is 0 Å². The molecule has 7 nitrogen and oxygen atoms in total. The lowest BCUT2D eigenvalue weighted by molar-refractivity contribution is -0.127. The van der Waals surface area contributed by atoms with Crippen LogP contribution in [-0.2, 0) is 11.2 Å². The van der Waals surface area contributed by atoms with E-state index in [-0.39, 0.29) is 28.5 Å². The third-order valence-corrected chi connectivity index (χ3v) is 6.14. The van der Waals surface area contributed by atoms with Crippen molar-refractivity contribution in [1.29, 1.82) is 0 Å². The molecule has 4 rings (SSSR count). The van der Waals surface area contributed by atoms with Gasteiger partial charge in [0.1, 0.15) is 5.69 Å². The Kier molecular flexibility index (Phi) is 5.47. The monoisotopic (exact) mass is 394 g/mol. The molecule has 2 amide bonds. The fraction of sp³-hybridized carbons (Fsp3) is 0.455. The number of likely N-dealkylation sites (tertiary alicyclic amines) is 2. The van der Waals surface area contributed by atoms with E-state index >= 15 is 0 Å². The zero-order valence-electron chi connectivity index (χ0n) is 16.5. The number of carbonyl (C=O) groups excluding carboxylic acids is 2. The summed E-state index contributed by atoms with van der Waals surface area (Å²) in [6.45, 7) is 2.81. The van der Waals surface area contributed by atoms with E-state index in [0.717, 1.165) is 45.0 Å². The molecule has 1 aromatic carbocycles. The minimum Gasteiger partial charge on any atom is -0.342 e. The Hall–Kier alpha value is -2.96. The highest BCUT2D eigenvalue weighted by molar-refractivity contribution is 5.92. The highest BCUT2D eigenvalue weighted by atomic mass is 16.2. The number of rotatable bonds is 5. The van der Waals surface area contributed by atoms with Crippen LogP contribution in [0.3, 0.4) is 0 Å². The number of aryl methyl sites for hydroxylation is 1. The Balaban J connectivity index is 1.29. The van der Waals surface area contributed by atoms with Gasteiger partial charge in [0, 0.05) is 44.2 Å². The topological polar surface area (TPSA) is 86.4 Å². The lowest BCUT2D eigenvalue weighted by Crippen LogP contribution is -2.44. The van der Waals surface area contributed by atoms with Gasteiger partial charge < -0.3 is 14.8 Å². The van der Waals surface area contributed by atoms with Gasteiger partial charge in [0.25, 0.3) is 11.5 Å². The number of aromatic amines is 1. The van der Waals surface area contributed by atoms with Crippen LogP contribution in [0.4, 0.5) is 0 Å². The predicted molar refractivity (Wildman–Crippen MR) is 108 cm³/mol. The molecule has 2 fully saturated rings. The number of H-pyrrole nitrogens is 1. The number of hydrogen-bond acceptors (Lipinski definition) is 4. The van der Waals surface area contributed by atoms with Gasteiger partial charge in [-0.1, -0.05) is 30.3 Å². The number of benzene rings is 1. The molecule has 29 heavy (non-hydrogen) atoms. The second kappa shape index (κ2) is 8.19. The lowest BCUT2D eigenvalue weighted by Gasteiger charge is -2.38. The van der Waals surface area contributed by atoms with Crippen LogP contribution in [0.15, 0.2) is 47.5 Å². The molecule has 1 N–H and O–H groups in total. The minimum atomic E-state index is -0.323. The largest absolute Gasteiger partial charge is 0.342 e. The van der Waals surface area contributed by atoms with Crippen LogP contribution in [0.1, 0.15) is 41.7 Å². The highest BCUT2D eigenvalue weighted by Crippen LogP contribution is 2.41. The summed E-state index contributed by atoms with van der Waals surface area (Å²) in [6.07, 6.45) is 6.66. The molecule has 1 aromatic heterocycles. The number of nitrogens with zero attached hydrogens (tertiary/aromatic N) is 3. The quantitative estimate of drug-likeness (QED) is 0.839. The van der Waals surface area contributed by atoms with Gasteiger partial charge in [-0.3, -0.25) is 14.4 Å². The van der Waals surface area contributed by atoms with E-state index in [1.54, 1.807) is 4.90 Å². The molecule has 152 valence electrons. The van der Waals surface area contributed by atoms with Gasteiger partial charge in [-0.2, -0.15) is 0 Å². The van der Waals surface area contributed by atoms with Crippen LogP contribution >= 0.6 is 0 Å². The Morgan fingerprint density at radius 2 is 1.90 bits per heavy atom. The van der Waals surface area contributed by atoms with Crippen LogP contribution in [-0.4, -0.2) is 57.8 Å². The van der Waals surface area contributed by atoms with E-state index in [1.807, 2.05) is 23.1 Å². The van der Waals surface area contributed by atoms with E-state index < -0.39 is 0 Å². The maximum atomic E-state index is 12.6. The second-order valence-corrected chi connectivity index (χ2v) is 8.17. The van der Waals surface area contributed by atoms with Crippen molar-refractivity contribution in [2.75, 3.05) is 26.2 Å². The average Bonchev–Trinajstić information content (AvgIpc) is 3.04. The third-order valence-electron chi connectivity index (χ3n) is 6.14. The summed E-state index contributed by atoms with van der Waals surface area (Å²) in [6, 6.07) is 10.3. The first-order chi connectivity index (χ1) is 14.0. The summed E-state index contributed by atoms with van der Waals surface area (Å²) in [4.78, 5) is 46.5. The Bertz CT molecular complexity index is 912. The minimum absolute atomic E-state index is 0.0148. The van der Waals surface area contributed by atoms with E-state index in [2.05, 4.69) is 22.1 Å². The normalized spacial score (nSPS) is 18.4. The molecule has 0 atom stereocenters. The van der Waals surface area contributed by atoms with Crippen molar-refractivity contribution in [3.05, 3.63) is 64.3 Å². The maximum absolute atomic E-state index is 12.6. The van der Waals surface area contributed by atoms with Crippen molar-refractivity contribution in [3.8, 4) is 0 Å². The van der Waals surface area contributed by atoms with Gasteiger partial charge in [0.15, 0.2) is 0 Å². The zero-order chi connectivity index (χ0) is 20.3. The molecule has 2 saturated heterocycles. The van der Waals surface area contributed by atoms with Gasteiger partial charge in [-0.25, -0.2) is 4.98 Å². The van der Waals surface area contributed by atoms with Crippen LogP contribution in [0, 0.1) is 5.41 Å². The SMILES string of the molecule is O=C1CC2(CCN(C(=O)c3c[nH]c(=O)cn3)CC2)CN1CCCc1ccccc1. The van der Waals surface area contributed by atoms with Crippen molar-refractivity contribution < 1.29 is 9.59 Å². The molecule has 0 saturated carbocycles. The van der Waals surface area contributed by atoms with Gasteiger partial charge in [-0.05, 0) is 31.2 Å². The van der Waals surface area contributed by atoms with E-state index in [0.29, 0.717) is 19.5 Å². The van der Waals surface area contributed by atoms with Gasteiger partial charge in [0.05, 0.1) is 6.20 Å². The first-order valence-electron chi connectivity index (χ1n) is 10.2. The molecule has 2 aliphatic rings. The molecule has 0 unspecified atom stereocenters. The highest BCUT2D eigenvalue weighted by Gasteiger charge is 2.45. The summed E-state index contributed by atoms with van der Waals surface area (Å²) < 4.78 is 0. The smallest absolute Gasteiger partial charge is 0.273 e. The Labute approximate surface area is 169 Å². The number of piperidine rings is 1. The number of nitrogens with one attached hydrogen (secondary N) is 1. The van der Waals surface area contributed by atoms with Crippen LogP contribution in [0.2, 0.25) is 0 Å². The van der Waals surface area contributed by atoms with Gasteiger partial charge >= 0.3 is 0 Å². The fourth-order valence-corrected chi connectivity index (χ4v) is 4.44. The van der Waals surface area contributed by atoms with Crippen molar-refractivity contribution in [2.24, 2.45) is 5.41 Å². The molecule has 2 aromatic rings. The van der Waals surface area contributed by atoms with Crippen LogP contribution in [0.25, 0.3) is 0 Å². The summed E-state index contributed by atoms with van der Waals surface area (Å²) in [5, 5.41) is 0. The number of aromatic nitrogens is 2. The molecular formula is C22H26N4O3. The molecule has 3 heterocycles. The predicted octanol–water partition coefficient (Wildman–Crippen LogP) is 1.86. The molecule has 2 aliphatic heterocycles. The second-order valence-electron chi connectivity index (χ2n) is 8.17. The van der Waals surface area contributed by atoms with Crippen molar-refractivity contribution in [1.82, 2.24) is 19.8 Å². The lowest BCUT2D eigenvalue weighted by atomic mass is 9.77. The number of carbonyl (C=O) groups is 2. The van der Waals surface area contributed by atoms with Crippen LogP contribution in [0.5, 0.6) is 0 Å². The Morgan fingerprint density at radius 1 is 1.14 bits per heavy atom. The molecular weight excluding hydrogens is 368 g/mol. The molecule has 1 spiro atoms. The van der Waals surface area contributed by atoms with Crippen LogP contribution < -0.4 is 5.56 Å². The van der Waals surface area contributed by atoms with Gasteiger partial charge in [0.2, 0.25) is 5.91 Å². The first-order valence-corrected chi connectivity index (χ1v) is 10.2. The fourth-order valence-electron chi connectivity index (χ4n) is 4.44. The molecule has 7 heteroatoms. The summed E-state index contributed by atoms with van der Waals surface area (Å²) in [5.41, 5.74) is 1.22. The summed E-state index contributed by atoms with van der Waals surface area (Å²) in [5.74, 6) is 0.0697. The maximum Gasteiger partial charge on any atom is 0.273 e. The zero-order valence-corrected chi connectivity index (χ0v) is 16.5. The standard InChI is InChI=1S/C22H26N4O3/c27-19-15-23-18(14-24-19)21(29)25-11-8-22(9-12-25)13-20(28)26(16-22)10-4-7-17-5-2-1-3-6-17/h1-3,5-6,14-15H,4,7-13,16H2,(H,24,27). The van der Waals surface area contributed by atoms with Crippen molar-refractivity contribution in [2.45, 2.75) is 32.1 Å². The van der Waals surface area contributed by atoms with Crippen molar-refractivity contribution >= 4 is 11.8 Å². The average molecular weight is 394 g/mol. The van der Waals surface area contributed by atoms with E-state index in [4.69, 9.17) is 0 Å². The van der Waals surface area contributed by atoms with E-state index in [1.165, 1.54) is 11.8 Å². The number of amides is 2. The van der Waals surface area contributed by atoms with Gasteiger partial charge in [-0.15, -0.1) is 0 Å². The molecule has 0 bridgehead atoms.